The zero-order chi connectivity index (χ0) is 33.7. The summed E-state index contributed by atoms with van der Waals surface area (Å²) in [6, 6.07) is 11.9. The van der Waals surface area contributed by atoms with E-state index in [1.165, 1.54) is 0 Å². The number of carbonyl (C=O) groups excluding carboxylic acids is 2. The van der Waals surface area contributed by atoms with Gasteiger partial charge in [-0.05, 0) is 61.2 Å². The lowest BCUT2D eigenvalue weighted by Crippen LogP contribution is -2.47. The highest BCUT2D eigenvalue weighted by Crippen LogP contribution is 2.33. The van der Waals surface area contributed by atoms with Crippen molar-refractivity contribution < 1.29 is 57.1 Å². The van der Waals surface area contributed by atoms with Crippen LogP contribution in [0.5, 0.6) is 17.2 Å². The monoisotopic (exact) mass is 670 g/mol. The maximum absolute atomic E-state index is 12.8. The number of unbranched alkanes of at least 4 members (excludes halogenated alkanes) is 3. The Kier molecular flexibility index (Phi) is 15.9. The predicted molar refractivity (Wildman–Crippen MR) is 167 cm³/mol. The van der Waals surface area contributed by atoms with Crippen LogP contribution in [-0.2, 0) is 9.59 Å². The number of nitrogens with zero attached hydrogens (tertiary/aromatic N) is 1. The van der Waals surface area contributed by atoms with E-state index in [-0.39, 0.29) is 25.2 Å². The molecule has 4 N–H and O–H groups in total. The summed E-state index contributed by atoms with van der Waals surface area (Å²) in [4.78, 5) is 36.2. The third-order valence-corrected chi connectivity index (χ3v) is 7.55. The molecule has 1 saturated heterocycles. The molecule has 0 unspecified atom stereocenters. The van der Waals surface area contributed by atoms with Crippen LogP contribution in [0.25, 0.3) is 0 Å². The van der Waals surface area contributed by atoms with E-state index in [2.05, 4.69) is 10.2 Å². The summed E-state index contributed by atoms with van der Waals surface area (Å²) in [6.07, 6.45) is -1.71. The summed E-state index contributed by atoms with van der Waals surface area (Å²) in [6.45, 7) is 2.62. The van der Waals surface area contributed by atoms with Gasteiger partial charge in [0, 0.05) is 38.0 Å². The van der Waals surface area contributed by atoms with Gasteiger partial charge in [-0.1, -0.05) is 26.3 Å². The molecule has 2 aromatic rings. The van der Waals surface area contributed by atoms with Gasteiger partial charge in [0.1, 0.15) is 25.1 Å². The number of Topliss-reactive ketones (excluding diaryl/α,β-unsaturated/α-hetero) is 1. The highest BCUT2D eigenvalue weighted by Gasteiger charge is 2.38. The average Bonchev–Trinajstić information content (AvgIpc) is 3.45. The van der Waals surface area contributed by atoms with Crippen molar-refractivity contribution in [1.82, 2.24) is 10.2 Å². The molecule has 1 amide bonds. The number of aliphatic hydroxyl groups excluding tert-OH is 2. The highest BCUT2D eigenvalue weighted by atomic mass is 19.4. The number of hydrogen-bond donors (Lipinski definition) is 4. The van der Waals surface area contributed by atoms with E-state index in [1.807, 2.05) is 0 Å². The molecule has 0 bridgehead atoms. The van der Waals surface area contributed by atoms with E-state index in [4.69, 9.17) is 24.1 Å². The highest BCUT2D eigenvalue weighted by molar-refractivity contribution is 5.96. The number of carboxylic acid groups (broad SMARTS) is 1. The van der Waals surface area contributed by atoms with Crippen LogP contribution in [0.15, 0.2) is 42.5 Å². The second kappa shape index (κ2) is 19.1. The topological polar surface area (TPSA) is 155 Å². The fourth-order valence-electron chi connectivity index (χ4n) is 5.08. The second-order valence-corrected chi connectivity index (χ2v) is 11.1. The Morgan fingerprint density at radius 1 is 1.00 bits per heavy atom. The standard InChI is InChI=1S/C30H40N2O7.C2HF3O2.CH4/c1-37-24-11-8-21(9-12-24)26(34)6-4-2-3-5-7-29(35)31-25(20-32-15-14-23(33)19-32)30(36)22-10-13-27-28(18-22)39-17-16-38-27;3-2(4,5)1(6)7;/h8-13,18,23,25,30,33,36H,2-7,14-17,19-20H2,1H3,(H,31,35);(H,6,7);1H4/t23-,25+,30+;;/m0../s1. The van der Waals surface area contributed by atoms with E-state index in [0.717, 1.165) is 31.6 Å². The first-order valence-corrected chi connectivity index (χ1v) is 15.1. The number of carbonyl (C=O) groups is 3. The predicted octanol–water partition coefficient (Wildman–Crippen LogP) is 4.54. The molecule has 14 heteroatoms. The van der Waals surface area contributed by atoms with Crippen molar-refractivity contribution in [3.8, 4) is 17.2 Å². The van der Waals surface area contributed by atoms with Crippen molar-refractivity contribution in [2.75, 3.05) is 40.0 Å². The molecule has 2 aliphatic heterocycles. The van der Waals surface area contributed by atoms with Gasteiger partial charge in [-0.3, -0.25) is 14.5 Å². The summed E-state index contributed by atoms with van der Waals surface area (Å²) >= 11 is 0. The number of fused-ring (bicyclic) bond motifs is 1. The molecule has 47 heavy (non-hydrogen) atoms. The molecule has 0 saturated carbocycles. The van der Waals surface area contributed by atoms with Gasteiger partial charge in [0.15, 0.2) is 17.3 Å². The summed E-state index contributed by atoms with van der Waals surface area (Å²) in [7, 11) is 1.60. The van der Waals surface area contributed by atoms with Crippen LogP contribution in [0.4, 0.5) is 13.2 Å². The Morgan fingerprint density at radius 2 is 1.62 bits per heavy atom. The van der Waals surface area contributed by atoms with Crippen LogP contribution in [-0.4, -0.2) is 96.2 Å². The summed E-state index contributed by atoms with van der Waals surface area (Å²) in [5, 5.41) is 31.3. The van der Waals surface area contributed by atoms with E-state index in [1.54, 1.807) is 49.6 Å². The first-order valence-electron chi connectivity index (χ1n) is 15.1. The Bertz CT molecular complexity index is 1290. The molecule has 4 rings (SSSR count). The van der Waals surface area contributed by atoms with Gasteiger partial charge in [-0.15, -0.1) is 0 Å². The van der Waals surface area contributed by atoms with E-state index >= 15 is 0 Å². The minimum Gasteiger partial charge on any atom is -0.497 e. The van der Waals surface area contributed by atoms with Gasteiger partial charge >= 0.3 is 12.1 Å². The van der Waals surface area contributed by atoms with E-state index < -0.39 is 24.3 Å². The van der Waals surface area contributed by atoms with Crippen molar-refractivity contribution >= 4 is 17.7 Å². The Hall–Kier alpha value is -3.88. The minimum absolute atomic E-state index is 0. The van der Waals surface area contributed by atoms with Crippen LogP contribution in [0.3, 0.4) is 0 Å². The normalized spacial score (nSPS) is 16.9. The number of β-amino-alcohol motifs (C(OH)–C–C–N with tert-alkyl or cyclic N) is 1. The van der Waals surface area contributed by atoms with Crippen LogP contribution in [0.2, 0.25) is 0 Å². The van der Waals surface area contributed by atoms with E-state index in [9.17, 15) is 33.0 Å². The molecule has 2 aromatic carbocycles. The fourth-order valence-corrected chi connectivity index (χ4v) is 5.08. The third kappa shape index (κ3) is 13.0. The number of carboxylic acids is 1. The number of aliphatic hydroxyl groups is 2. The van der Waals surface area contributed by atoms with Crippen molar-refractivity contribution in [2.45, 2.75) is 76.8 Å². The van der Waals surface area contributed by atoms with Crippen molar-refractivity contribution in [3.05, 3.63) is 53.6 Å². The molecule has 2 heterocycles. The molecule has 3 atom stereocenters. The summed E-state index contributed by atoms with van der Waals surface area (Å²) in [5.74, 6) is -0.809. The van der Waals surface area contributed by atoms with Crippen LogP contribution in [0, 0.1) is 0 Å². The van der Waals surface area contributed by atoms with Crippen LogP contribution in [0.1, 0.15) is 74.4 Å². The maximum atomic E-state index is 12.8. The number of ether oxygens (including phenoxy) is 3. The zero-order valence-corrected chi connectivity index (χ0v) is 25.6. The Labute approximate surface area is 272 Å². The van der Waals surface area contributed by atoms with Gasteiger partial charge in [0.05, 0.1) is 19.3 Å². The molecule has 0 aromatic heterocycles. The number of rotatable bonds is 14. The smallest absolute Gasteiger partial charge is 0.490 e. The quantitative estimate of drug-likeness (QED) is 0.166. The molecule has 2 aliphatic rings. The first-order chi connectivity index (χ1) is 21.9. The molecule has 11 nitrogen and oxygen atoms in total. The van der Waals surface area contributed by atoms with Gasteiger partial charge in [-0.25, -0.2) is 4.79 Å². The number of methoxy groups -OCH3 is 1. The van der Waals surface area contributed by atoms with Gasteiger partial charge in [0.25, 0.3) is 0 Å². The number of amides is 1. The molecular weight excluding hydrogens is 625 g/mol. The number of hydrogen-bond acceptors (Lipinski definition) is 9. The number of halogens is 3. The zero-order valence-electron chi connectivity index (χ0n) is 25.6. The molecule has 0 aliphatic carbocycles. The minimum atomic E-state index is -5.08. The first kappa shape index (κ1) is 39.3. The number of nitrogens with one attached hydrogen (secondary N) is 1. The number of alkyl halides is 3. The van der Waals surface area contributed by atoms with Crippen molar-refractivity contribution in [3.63, 3.8) is 0 Å². The molecule has 0 spiro atoms. The molecule has 1 fully saturated rings. The van der Waals surface area contributed by atoms with Crippen molar-refractivity contribution in [2.24, 2.45) is 0 Å². The lowest BCUT2D eigenvalue weighted by atomic mass is 10.00. The lowest BCUT2D eigenvalue weighted by molar-refractivity contribution is -0.192. The average molecular weight is 671 g/mol. The second-order valence-electron chi connectivity index (χ2n) is 11.1. The van der Waals surface area contributed by atoms with Crippen molar-refractivity contribution in [1.29, 1.82) is 0 Å². The Balaban J connectivity index is 0.000000864. The largest absolute Gasteiger partial charge is 0.497 e. The number of ketones is 1. The van der Waals surface area contributed by atoms with E-state index in [0.29, 0.717) is 74.6 Å². The number of benzene rings is 2. The molecule has 0 radical (unpaired) electrons. The van der Waals surface area contributed by atoms with Crippen LogP contribution >= 0.6 is 0 Å². The summed E-state index contributed by atoms with van der Waals surface area (Å²) in [5.41, 5.74) is 1.33. The lowest BCUT2D eigenvalue weighted by Gasteiger charge is -2.29. The molecular formula is C33H45F3N2O9. The maximum Gasteiger partial charge on any atom is 0.490 e. The van der Waals surface area contributed by atoms with Gasteiger partial charge < -0.3 is 34.8 Å². The molecule has 262 valence electrons. The number of likely N-dealkylation sites (tertiary alicyclic amines) is 1. The fraction of sp³-hybridized carbons (Fsp3) is 0.545. The third-order valence-electron chi connectivity index (χ3n) is 7.55. The SMILES string of the molecule is C.COc1ccc(C(=O)CCCCCCC(=O)N[C@H](CN2CC[C@H](O)C2)[C@H](O)c2ccc3c(c2)OCCO3)cc1.O=C(O)C(F)(F)F. The van der Waals surface area contributed by atoms with Gasteiger partial charge in [-0.2, -0.15) is 13.2 Å². The van der Waals surface area contributed by atoms with Gasteiger partial charge in [0.2, 0.25) is 5.91 Å². The van der Waals surface area contributed by atoms with Crippen LogP contribution < -0.4 is 19.5 Å². The summed E-state index contributed by atoms with van der Waals surface area (Å²) < 4.78 is 48.1. The number of aliphatic carboxylic acids is 1. The Morgan fingerprint density at radius 3 is 2.19 bits per heavy atom.